The van der Waals surface area contributed by atoms with Gasteiger partial charge < -0.3 is 10.6 Å². The van der Waals surface area contributed by atoms with Gasteiger partial charge in [-0.25, -0.2) is 0 Å². The van der Waals surface area contributed by atoms with Crippen LogP contribution >= 0.6 is 40.7 Å². The molecule has 20 heavy (non-hydrogen) atoms. The van der Waals surface area contributed by atoms with Crippen LogP contribution in [0.1, 0.15) is 30.1 Å². The van der Waals surface area contributed by atoms with Crippen molar-refractivity contribution in [1.29, 1.82) is 0 Å². The van der Waals surface area contributed by atoms with Crippen LogP contribution in [-0.2, 0) is 0 Å². The molecule has 1 saturated heterocycles. The molecule has 0 radical (unpaired) electrons. The van der Waals surface area contributed by atoms with Gasteiger partial charge in [-0.15, -0.1) is 24.8 Å². The maximum atomic E-state index is 12.0. The van der Waals surface area contributed by atoms with E-state index in [4.69, 9.17) is 0 Å². The van der Waals surface area contributed by atoms with Crippen LogP contribution in [0, 0.1) is 5.41 Å². The molecule has 7 heteroatoms. The number of piperidine rings is 1. The average molecular weight is 385 g/mol. The van der Waals surface area contributed by atoms with Gasteiger partial charge in [0.2, 0.25) is 0 Å². The molecule has 1 atom stereocenters. The van der Waals surface area contributed by atoms with E-state index in [9.17, 15) is 4.79 Å². The van der Waals surface area contributed by atoms with Gasteiger partial charge in [0.25, 0.3) is 5.91 Å². The third kappa shape index (κ3) is 5.56. The number of carbonyl (C=O) groups excluding carboxylic acids is 1. The number of halogens is 3. The number of amides is 1. The molecule has 1 amide bonds. The summed E-state index contributed by atoms with van der Waals surface area (Å²) < 4.78 is 0.820. The highest BCUT2D eigenvalue weighted by molar-refractivity contribution is 9.10. The van der Waals surface area contributed by atoms with Gasteiger partial charge in [0.1, 0.15) is 0 Å². The molecule has 2 N–H and O–H groups in total. The molecule has 114 valence electrons. The number of nitrogens with one attached hydrogen (secondary N) is 2. The minimum Gasteiger partial charge on any atom is -0.351 e. The molecule has 1 aromatic heterocycles. The van der Waals surface area contributed by atoms with Crippen LogP contribution in [0.5, 0.6) is 0 Å². The molecule has 0 bridgehead atoms. The van der Waals surface area contributed by atoms with E-state index < -0.39 is 0 Å². The van der Waals surface area contributed by atoms with Gasteiger partial charge in [0.05, 0.1) is 5.56 Å². The van der Waals surface area contributed by atoms with Gasteiger partial charge in [-0.05, 0) is 46.8 Å². The highest BCUT2D eigenvalue weighted by Crippen LogP contribution is 2.24. The second kappa shape index (κ2) is 8.82. The Morgan fingerprint density at radius 3 is 2.85 bits per heavy atom. The summed E-state index contributed by atoms with van der Waals surface area (Å²) in [5.41, 5.74) is 0.754. The van der Waals surface area contributed by atoms with Crippen LogP contribution in [0.25, 0.3) is 0 Å². The molecule has 2 rings (SSSR count). The van der Waals surface area contributed by atoms with Gasteiger partial charge in [-0.2, -0.15) is 0 Å². The number of rotatable bonds is 3. The van der Waals surface area contributed by atoms with Crippen LogP contribution < -0.4 is 10.6 Å². The first kappa shape index (κ1) is 19.6. The van der Waals surface area contributed by atoms with E-state index in [-0.39, 0.29) is 36.1 Å². The standard InChI is InChI=1S/C13H18BrN3O.2ClH/c1-13(3-2-4-15-8-13)9-17-12(18)10-5-11(14)7-16-6-10;;/h5-7,15H,2-4,8-9H2,1H3,(H,17,18);2*1H. The summed E-state index contributed by atoms with van der Waals surface area (Å²) in [5.74, 6) is -0.0596. The largest absolute Gasteiger partial charge is 0.351 e. The minimum atomic E-state index is -0.0596. The smallest absolute Gasteiger partial charge is 0.252 e. The molecular weight excluding hydrogens is 365 g/mol. The van der Waals surface area contributed by atoms with Crippen LogP contribution in [0.2, 0.25) is 0 Å². The third-order valence-electron chi connectivity index (χ3n) is 3.33. The van der Waals surface area contributed by atoms with Crippen molar-refractivity contribution in [2.24, 2.45) is 5.41 Å². The van der Waals surface area contributed by atoms with Gasteiger partial charge in [0.15, 0.2) is 0 Å². The van der Waals surface area contributed by atoms with Crippen molar-refractivity contribution in [2.45, 2.75) is 19.8 Å². The molecule has 1 fully saturated rings. The summed E-state index contributed by atoms with van der Waals surface area (Å²) >= 11 is 3.32. The predicted octanol–water partition coefficient (Wildman–Crippen LogP) is 2.81. The molecule has 0 aliphatic carbocycles. The van der Waals surface area contributed by atoms with E-state index in [0.29, 0.717) is 12.1 Å². The van der Waals surface area contributed by atoms with Crippen molar-refractivity contribution >= 4 is 46.7 Å². The summed E-state index contributed by atoms with van der Waals surface area (Å²) in [7, 11) is 0. The lowest BCUT2D eigenvalue weighted by Gasteiger charge is -2.34. The van der Waals surface area contributed by atoms with Crippen molar-refractivity contribution in [3.63, 3.8) is 0 Å². The lowest BCUT2D eigenvalue weighted by Crippen LogP contribution is -2.45. The number of nitrogens with zero attached hydrogens (tertiary/aromatic N) is 1. The number of carbonyl (C=O) groups is 1. The molecule has 1 aliphatic rings. The summed E-state index contributed by atoms with van der Waals surface area (Å²) in [4.78, 5) is 16.0. The first-order valence-corrected chi connectivity index (χ1v) is 6.98. The summed E-state index contributed by atoms with van der Waals surface area (Å²) in [6.07, 6.45) is 5.58. The van der Waals surface area contributed by atoms with Crippen molar-refractivity contribution < 1.29 is 4.79 Å². The first-order valence-electron chi connectivity index (χ1n) is 6.19. The predicted molar refractivity (Wildman–Crippen MR) is 89.0 cm³/mol. The van der Waals surface area contributed by atoms with Gasteiger partial charge in [-0.3, -0.25) is 9.78 Å². The maximum Gasteiger partial charge on any atom is 0.252 e. The zero-order valence-corrected chi connectivity index (χ0v) is 14.5. The van der Waals surface area contributed by atoms with Gasteiger partial charge in [-0.1, -0.05) is 6.92 Å². The zero-order valence-electron chi connectivity index (χ0n) is 11.3. The Labute approximate surface area is 140 Å². The summed E-state index contributed by atoms with van der Waals surface area (Å²) in [5, 5.41) is 6.37. The Hall–Kier alpha value is -0.360. The maximum absolute atomic E-state index is 12.0. The molecule has 4 nitrogen and oxygen atoms in total. The minimum absolute atomic E-state index is 0. The summed E-state index contributed by atoms with van der Waals surface area (Å²) in [6, 6.07) is 1.78. The average Bonchev–Trinajstić information content (AvgIpc) is 2.37. The highest BCUT2D eigenvalue weighted by atomic mass is 79.9. The molecule has 1 aromatic rings. The molecule has 1 unspecified atom stereocenters. The Morgan fingerprint density at radius 2 is 2.25 bits per heavy atom. The number of aromatic nitrogens is 1. The molecule has 2 heterocycles. The van der Waals surface area contributed by atoms with Crippen LogP contribution in [-0.4, -0.2) is 30.5 Å². The van der Waals surface area contributed by atoms with Crippen molar-refractivity contribution in [3.05, 3.63) is 28.5 Å². The van der Waals surface area contributed by atoms with Gasteiger partial charge >= 0.3 is 0 Å². The molecule has 0 spiro atoms. The highest BCUT2D eigenvalue weighted by Gasteiger charge is 2.27. The van der Waals surface area contributed by atoms with E-state index in [1.165, 1.54) is 6.42 Å². The van der Waals surface area contributed by atoms with Crippen molar-refractivity contribution in [3.8, 4) is 0 Å². The quantitative estimate of drug-likeness (QED) is 0.842. The Kier molecular flexibility index (Phi) is 8.66. The first-order chi connectivity index (χ1) is 8.59. The Bertz CT molecular complexity index is 439. The summed E-state index contributed by atoms with van der Waals surface area (Å²) in [6.45, 7) is 4.95. The fourth-order valence-electron chi connectivity index (χ4n) is 2.20. The van der Waals surface area contributed by atoms with E-state index in [1.54, 1.807) is 18.5 Å². The van der Waals surface area contributed by atoms with E-state index >= 15 is 0 Å². The van der Waals surface area contributed by atoms with Crippen molar-refractivity contribution in [2.75, 3.05) is 19.6 Å². The third-order valence-corrected chi connectivity index (χ3v) is 3.76. The Balaban J connectivity index is 0.00000180. The molecular formula is C13H20BrCl2N3O. The topological polar surface area (TPSA) is 54.0 Å². The molecule has 0 aromatic carbocycles. The number of hydrogen-bond acceptors (Lipinski definition) is 3. The second-order valence-corrected chi connectivity index (χ2v) is 6.08. The lowest BCUT2D eigenvalue weighted by atomic mass is 9.83. The Morgan fingerprint density at radius 1 is 1.50 bits per heavy atom. The fourth-order valence-corrected chi connectivity index (χ4v) is 2.57. The normalized spacial score (nSPS) is 21.3. The van der Waals surface area contributed by atoms with Crippen LogP contribution in [0.15, 0.2) is 22.9 Å². The van der Waals surface area contributed by atoms with E-state index in [0.717, 1.165) is 24.0 Å². The SMILES string of the molecule is CC1(CNC(=O)c2cncc(Br)c2)CCCNC1.Cl.Cl. The number of pyridine rings is 1. The zero-order chi connectivity index (χ0) is 13.0. The molecule has 1 aliphatic heterocycles. The van der Waals surface area contributed by atoms with Crippen molar-refractivity contribution in [1.82, 2.24) is 15.6 Å². The van der Waals surface area contributed by atoms with Crippen LogP contribution in [0.4, 0.5) is 0 Å². The van der Waals surface area contributed by atoms with Crippen LogP contribution in [0.3, 0.4) is 0 Å². The molecule has 0 saturated carbocycles. The monoisotopic (exact) mass is 383 g/mol. The number of hydrogen-bond donors (Lipinski definition) is 2. The van der Waals surface area contributed by atoms with Gasteiger partial charge in [0, 0.05) is 30.0 Å². The van der Waals surface area contributed by atoms with E-state index in [1.807, 2.05) is 0 Å². The van der Waals surface area contributed by atoms with E-state index in [2.05, 4.69) is 38.5 Å². The lowest BCUT2D eigenvalue weighted by molar-refractivity contribution is 0.0924. The fraction of sp³-hybridized carbons (Fsp3) is 0.538. The second-order valence-electron chi connectivity index (χ2n) is 5.17.